The van der Waals surface area contributed by atoms with Gasteiger partial charge in [-0.3, -0.25) is 4.79 Å². The van der Waals surface area contributed by atoms with E-state index in [0.717, 1.165) is 11.6 Å². The van der Waals surface area contributed by atoms with Gasteiger partial charge in [-0.15, -0.1) is 0 Å². The monoisotopic (exact) mass is 669 g/mol. The van der Waals surface area contributed by atoms with Gasteiger partial charge in [0.15, 0.2) is 9.84 Å². The number of likely N-dealkylation sites (tertiary alicyclic amines) is 1. The van der Waals surface area contributed by atoms with E-state index in [1.54, 1.807) is 13.8 Å². The molecule has 2 saturated heterocycles. The lowest BCUT2D eigenvalue weighted by Gasteiger charge is -2.45. The van der Waals surface area contributed by atoms with Crippen molar-refractivity contribution in [1.29, 1.82) is 0 Å². The first-order valence-electron chi connectivity index (χ1n) is 13.9. The third-order valence-electron chi connectivity index (χ3n) is 9.58. The molecule has 44 heavy (non-hydrogen) atoms. The molecule has 0 aromatic heterocycles. The number of carbonyl (C=O) groups excluding carboxylic acids is 1. The Hall–Kier alpha value is -2.68. The van der Waals surface area contributed by atoms with Crippen molar-refractivity contribution in [2.24, 2.45) is 5.41 Å². The molecule has 1 amide bonds. The number of alkyl halides is 7. The summed E-state index contributed by atoms with van der Waals surface area (Å²) in [4.78, 5) is 15.2. The number of aryl methyl sites for hydroxylation is 2. The van der Waals surface area contributed by atoms with Crippen LogP contribution in [0.5, 0.6) is 0 Å². The van der Waals surface area contributed by atoms with Crippen molar-refractivity contribution in [3.05, 3.63) is 64.7 Å². The Morgan fingerprint density at radius 3 is 2.02 bits per heavy atom. The second kappa shape index (κ2) is 10.2. The van der Waals surface area contributed by atoms with Gasteiger partial charge in [-0.1, -0.05) is 42.8 Å². The summed E-state index contributed by atoms with van der Waals surface area (Å²) >= 11 is 0. The fourth-order valence-corrected chi connectivity index (χ4v) is 11.0. The van der Waals surface area contributed by atoms with Crippen LogP contribution in [0.25, 0.3) is 0 Å². The van der Waals surface area contributed by atoms with Crippen molar-refractivity contribution >= 4 is 25.6 Å². The minimum atomic E-state index is -6.35. The summed E-state index contributed by atoms with van der Waals surface area (Å²) < 4.78 is 148. The maximum absolute atomic E-state index is 15.0. The van der Waals surface area contributed by atoms with Gasteiger partial charge in [0.25, 0.3) is 0 Å². The van der Waals surface area contributed by atoms with E-state index in [1.165, 1.54) is 29.2 Å². The predicted octanol–water partition coefficient (Wildman–Crippen LogP) is 5.72. The molecule has 2 aromatic rings. The zero-order valence-electron chi connectivity index (χ0n) is 23.7. The highest BCUT2D eigenvalue weighted by Gasteiger charge is 2.74. The van der Waals surface area contributed by atoms with Crippen molar-refractivity contribution in [2.75, 3.05) is 18.1 Å². The van der Waals surface area contributed by atoms with Crippen LogP contribution in [0.15, 0.2) is 47.4 Å². The topological polar surface area (TPSA) is 88.6 Å². The molecular weight excluding hydrogens is 639 g/mol. The molecule has 15 heteroatoms. The molecule has 2 aromatic carbocycles. The van der Waals surface area contributed by atoms with Gasteiger partial charge in [-0.25, -0.2) is 21.2 Å². The first-order chi connectivity index (χ1) is 20.1. The van der Waals surface area contributed by atoms with Crippen molar-refractivity contribution in [1.82, 2.24) is 4.90 Å². The molecule has 6 nitrogen and oxygen atoms in total. The van der Waals surface area contributed by atoms with E-state index in [2.05, 4.69) is 0 Å². The summed E-state index contributed by atoms with van der Waals surface area (Å²) in [6.45, 7) is 3.23. The maximum Gasteiger partial charge on any atom is 0.435 e. The van der Waals surface area contributed by atoms with Crippen molar-refractivity contribution in [2.45, 2.75) is 79.7 Å². The Kier molecular flexibility index (Phi) is 7.55. The molecule has 0 spiro atoms. The zero-order valence-corrected chi connectivity index (χ0v) is 25.4. The van der Waals surface area contributed by atoms with Crippen LogP contribution >= 0.6 is 0 Å². The highest BCUT2D eigenvalue weighted by molar-refractivity contribution is 7.92. The van der Waals surface area contributed by atoms with Crippen LogP contribution in [-0.4, -0.2) is 64.1 Å². The fraction of sp³-hybridized carbons (Fsp3) is 0.552. The Morgan fingerprint density at radius 2 is 1.48 bits per heavy atom. The molecule has 2 atom stereocenters. The highest BCUT2D eigenvalue weighted by Crippen LogP contribution is 2.57. The zero-order chi connectivity index (χ0) is 32.7. The first kappa shape index (κ1) is 32.7. The molecule has 5 rings (SSSR count). The molecule has 0 bridgehead atoms. The highest BCUT2D eigenvalue weighted by atomic mass is 32.2. The summed E-state index contributed by atoms with van der Waals surface area (Å²) in [5.74, 6) is -0.916. The molecule has 2 heterocycles. The lowest BCUT2D eigenvalue weighted by atomic mass is 9.76. The number of halogens is 7. The lowest BCUT2D eigenvalue weighted by Crippen LogP contribution is -2.55. The van der Waals surface area contributed by atoms with Crippen molar-refractivity contribution in [3.8, 4) is 0 Å². The third kappa shape index (κ3) is 4.74. The van der Waals surface area contributed by atoms with E-state index in [9.17, 15) is 48.0 Å². The molecule has 3 aliphatic rings. The van der Waals surface area contributed by atoms with Gasteiger partial charge in [0.05, 0.1) is 22.4 Å². The quantitative estimate of drug-likeness (QED) is 0.389. The second-order valence-corrected chi connectivity index (χ2v) is 16.8. The number of hydrogen-bond donors (Lipinski definition) is 0. The van der Waals surface area contributed by atoms with Gasteiger partial charge in [0.1, 0.15) is 14.6 Å². The van der Waals surface area contributed by atoms with Crippen molar-refractivity contribution < 1.29 is 52.4 Å². The summed E-state index contributed by atoms with van der Waals surface area (Å²) in [6.07, 6.45) is -13.2. The summed E-state index contributed by atoms with van der Waals surface area (Å²) in [5, 5.41) is 0. The number of hydrogen-bond acceptors (Lipinski definition) is 5. The van der Waals surface area contributed by atoms with Crippen LogP contribution in [0, 0.1) is 12.3 Å². The standard InChI is InChI=1S/C29H30F7NO5S2/c1-18-3-7-21(8-4-18)44(41,42)26-11-14-37(24(38)25(2)12-15-43(39,40)16-13-25)23(26)10-5-19-17-20(6-9-22(19)26)27(30,28(31,32)33)29(34,35)36/h3-4,6-9,17,23H,5,10-16H2,1-2H3. The van der Waals surface area contributed by atoms with E-state index in [4.69, 9.17) is 0 Å². The molecule has 0 saturated carbocycles. The largest absolute Gasteiger partial charge is 0.435 e. The molecule has 2 aliphatic heterocycles. The van der Waals surface area contributed by atoms with Gasteiger partial charge >= 0.3 is 18.0 Å². The Balaban J connectivity index is 1.67. The van der Waals surface area contributed by atoms with E-state index in [-0.39, 0.29) is 66.2 Å². The second-order valence-electron chi connectivity index (χ2n) is 12.2. The van der Waals surface area contributed by atoms with Crippen LogP contribution in [-0.2, 0) is 41.3 Å². The number of amides is 1. The molecule has 0 N–H and O–H groups in total. The number of benzene rings is 2. The maximum atomic E-state index is 15.0. The normalized spacial score (nSPS) is 25.3. The average Bonchev–Trinajstić information content (AvgIpc) is 3.34. The average molecular weight is 670 g/mol. The summed E-state index contributed by atoms with van der Waals surface area (Å²) in [6, 6.07) is 6.29. The van der Waals surface area contributed by atoms with E-state index < -0.39 is 65.4 Å². The van der Waals surface area contributed by atoms with Crippen LogP contribution < -0.4 is 0 Å². The molecule has 242 valence electrons. The number of fused-ring (bicyclic) bond motifs is 3. The van der Waals surface area contributed by atoms with Gasteiger partial charge in [-0.05, 0) is 62.3 Å². The van der Waals surface area contributed by atoms with E-state index in [0.29, 0.717) is 12.1 Å². The van der Waals surface area contributed by atoms with Gasteiger partial charge in [0, 0.05) is 17.5 Å². The van der Waals surface area contributed by atoms with Gasteiger partial charge < -0.3 is 4.90 Å². The number of nitrogens with zero attached hydrogens (tertiary/aromatic N) is 1. The minimum Gasteiger partial charge on any atom is -0.337 e. The van der Waals surface area contributed by atoms with Gasteiger partial charge in [-0.2, -0.15) is 26.3 Å². The molecule has 1 aliphatic carbocycles. The number of sulfone groups is 2. The molecule has 2 unspecified atom stereocenters. The molecule has 0 radical (unpaired) electrons. The smallest absolute Gasteiger partial charge is 0.337 e. The molecular formula is C29H30F7NO5S2. The molecule has 2 fully saturated rings. The SMILES string of the molecule is Cc1ccc(S(=O)(=O)C23CCN(C(=O)C4(C)CCS(=O)(=O)CC4)C2CCc2cc(C(F)(C(F)(F)F)C(F)(F)F)ccc23)cc1. The predicted molar refractivity (Wildman–Crippen MR) is 146 cm³/mol. The van der Waals surface area contributed by atoms with Crippen LogP contribution in [0.1, 0.15) is 54.9 Å². The number of carbonyl (C=O) groups is 1. The van der Waals surface area contributed by atoms with E-state index >= 15 is 4.39 Å². The Bertz CT molecular complexity index is 1670. The minimum absolute atomic E-state index is 0.0164. The Morgan fingerprint density at radius 1 is 0.909 bits per heavy atom. The fourth-order valence-electron chi connectivity index (χ4n) is 6.95. The van der Waals surface area contributed by atoms with Crippen LogP contribution in [0.4, 0.5) is 30.7 Å². The summed E-state index contributed by atoms with van der Waals surface area (Å²) in [5.41, 5.74) is -8.06. The number of rotatable bonds is 4. The van der Waals surface area contributed by atoms with Crippen LogP contribution in [0.2, 0.25) is 0 Å². The Labute approximate surface area is 250 Å². The first-order valence-corrected chi connectivity index (χ1v) is 17.2. The summed E-state index contributed by atoms with van der Waals surface area (Å²) in [7, 11) is -7.80. The van der Waals surface area contributed by atoms with Crippen molar-refractivity contribution in [3.63, 3.8) is 0 Å². The third-order valence-corrected chi connectivity index (χ3v) is 13.8. The van der Waals surface area contributed by atoms with E-state index in [1.807, 2.05) is 0 Å². The lowest BCUT2D eigenvalue weighted by molar-refractivity contribution is -0.348. The van der Waals surface area contributed by atoms with Gasteiger partial charge in [0.2, 0.25) is 5.91 Å². The van der Waals surface area contributed by atoms with Crippen LogP contribution in [0.3, 0.4) is 0 Å².